The third-order valence-corrected chi connectivity index (χ3v) is 5.15. The number of rotatable bonds is 4. The zero-order valence-electron chi connectivity index (χ0n) is 20.4. The van der Waals surface area contributed by atoms with Crippen molar-refractivity contribution >= 4 is 28.2 Å². The van der Waals surface area contributed by atoms with Crippen molar-refractivity contribution < 1.29 is 19.7 Å². The SMILES string of the molecule is CC(=C\CC(=O)O)/N=C1/C=CC=C/C1=C(/C)c1ccc2c3c(ccnc13)CCO2.CC(C)(C)O. The number of carboxylic acids is 1. The molecule has 1 aromatic heterocycles. The van der Waals surface area contributed by atoms with Crippen LogP contribution < -0.4 is 4.74 Å². The molecule has 2 aromatic rings. The Kier molecular flexibility index (Phi) is 7.84. The molecule has 1 aromatic carbocycles. The van der Waals surface area contributed by atoms with E-state index >= 15 is 0 Å². The number of aliphatic hydroxyl groups is 1. The lowest BCUT2D eigenvalue weighted by atomic mass is 9.92. The van der Waals surface area contributed by atoms with Crippen molar-refractivity contribution in [2.75, 3.05) is 6.61 Å². The first kappa shape index (κ1) is 25.1. The topological polar surface area (TPSA) is 92.0 Å². The molecule has 1 aliphatic heterocycles. The second kappa shape index (κ2) is 10.6. The van der Waals surface area contributed by atoms with E-state index in [9.17, 15) is 4.79 Å². The first-order valence-electron chi connectivity index (χ1n) is 11.3. The number of aromatic nitrogens is 1. The van der Waals surface area contributed by atoms with Crippen LogP contribution in [0.4, 0.5) is 0 Å². The van der Waals surface area contributed by atoms with E-state index in [0.29, 0.717) is 12.3 Å². The van der Waals surface area contributed by atoms with E-state index in [-0.39, 0.29) is 6.42 Å². The summed E-state index contributed by atoms with van der Waals surface area (Å²) in [7, 11) is 0. The van der Waals surface area contributed by atoms with E-state index < -0.39 is 11.6 Å². The third-order valence-electron chi connectivity index (χ3n) is 5.15. The van der Waals surface area contributed by atoms with Gasteiger partial charge >= 0.3 is 5.97 Å². The van der Waals surface area contributed by atoms with Crippen LogP contribution in [-0.4, -0.2) is 39.1 Å². The van der Waals surface area contributed by atoms with Crippen LogP contribution in [0.5, 0.6) is 5.75 Å². The summed E-state index contributed by atoms with van der Waals surface area (Å²) < 4.78 is 5.84. The van der Waals surface area contributed by atoms with Gasteiger partial charge in [0.2, 0.25) is 0 Å². The zero-order valence-corrected chi connectivity index (χ0v) is 20.4. The van der Waals surface area contributed by atoms with Gasteiger partial charge in [-0.05, 0) is 70.0 Å². The second-order valence-corrected chi connectivity index (χ2v) is 9.27. The third kappa shape index (κ3) is 6.51. The minimum absolute atomic E-state index is 0.0427. The number of hydrogen-bond acceptors (Lipinski definition) is 5. The first-order valence-corrected chi connectivity index (χ1v) is 11.3. The number of pyridine rings is 1. The number of aliphatic imine (C=N–C) groups is 1. The quantitative estimate of drug-likeness (QED) is 0.614. The van der Waals surface area contributed by atoms with Crippen LogP contribution in [0.3, 0.4) is 0 Å². The Morgan fingerprint density at radius 1 is 1.18 bits per heavy atom. The normalized spacial score (nSPS) is 17.8. The maximum Gasteiger partial charge on any atom is 0.307 e. The number of aliphatic carboxylic acids is 1. The highest BCUT2D eigenvalue weighted by Gasteiger charge is 2.19. The van der Waals surface area contributed by atoms with Crippen molar-refractivity contribution in [1.29, 1.82) is 0 Å². The van der Waals surface area contributed by atoms with E-state index in [0.717, 1.165) is 45.5 Å². The van der Waals surface area contributed by atoms with E-state index in [1.807, 2.05) is 43.5 Å². The van der Waals surface area contributed by atoms with Crippen LogP contribution in [0.25, 0.3) is 16.5 Å². The number of ether oxygens (including phenoxy) is 1. The summed E-state index contributed by atoms with van der Waals surface area (Å²) in [6.45, 7) is 9.81. The molecule has 2 heterocycles. The van der Waals surface area contributed by atoms with Crippen molar-refractivity contribution in [3.05, 3.63) is 77.2 Å². The smallest absolute Gasteiger partial charge is 0.307 e. The molecule has 0 amide bonds. The number of carbonyl (C=O) groups is 1. The van der Waals surface area contributed by atoms with Gasteiger partial charge in [-0.3, -0.25) is 14.8 Å². The van der Waals surface area contributed by atoms with Gasteiger partial charge in [-0.25, -0.2) is 0 Å². The summed E-state index contributed by atoms with van der Waals surface area (Å²) >= 11 is 0. The summed E-state index contributed by atoms with van der Waals surface area (Å²) in [5, 5.41) is 18.5. The van der Waals surface area contributed by atoms with E-state index in [2.05, 4.69) is 29.0 Å². The Morgan fingerprint density at radius 3 is 2.59 bits per heavy atom. The molecule has 1 aliphatic carbocycles. The zero-order chi connectivity index (χ0) is 24.9. The standard InChI is InChI=1S/C24H22N2O3.C4H10O/c1-15(7-10-22(27)28)26-20-6-4-3-5-18(20)16(2)19-8-9-21-23-17(12-14-29-21)11-13-25-24(19)23;1-4(2,3)5/h3-9,11,13H,10,12,14H2,1-2H3,(H,27,28);5H,1-3H3/b15-7+,18-16+,26-20-;. The summed E-state index contributed by atoms with van der Waals surface area (Å²) in [5.41, 5.74) is 6.29. The number of benzene rings is 1. The van der Waals surface area contributed by atoms with Gasteiger partial charge in [0.1, 0.15) is 5.75 Å². The van der Waals surface area contributed by atoms with Gasteiger partial charge in [-0.1, -0.05) is 24.3 Å². The summed E-state index contributed by atoms with van der Waals surface area (Å²) in [5.74, 6) is 0.0176. The largest absolute Gasteiger partial charge is 0.493 e. The van der Waals surface area contributed by atoms with Crippen LogP contribution in [0.1, 0.15) is 52.2 Å². The van der Waals surface area contributed by atoms with Crippen LogP contribution in [0, 0.1) is 0 Å². The Labute approximate surface area is 200 Å². The van der Waals surface area contributed by atoms with Gasteiger partial charge in [-0.2, -0.15) is 0 Å². The number of allylic oxidation sites excluding steroid dienone is 7. The molecule has 0 saturated carbocycles. The average molecular weight is 461 g/mol. The van der Waals surface area contributed by atoms with Crippen LogP contribution >= 0.6 is 0 Å². The lowest BCUT2D eigenvalue weighted by molar-refractivity contribution is -0.136. The van der Waals surface area contributed by atoms with E-state index in [4.69, 9.17) is 14.9 Å². The molecule has 0 spiro atoms. The Balaban J connectivity index is 0.000000588. The van der Waals surface area contributed by atoms with Gasteiger partial charge < -0.3 is 14.9 Å². The van der Waals surface area contributed by atoms with E-state index in [1.165, 1.54) is 5.56 Å². The fraction of sp³-hybridized carbons (Fsp3) is 0.321. The molecule has 2 aliphatic rings. The number of hydrogen-bond donors (Lipinski definition) is 2. The first-order chi connectivity index (χ1) is 16.0. The Hall–Kier alpha value is -3.51. The maximum atomic E-state index is 10.8. The maximum absolute atomic E-state index is 10.8. The van der Waals surface area contributed by atoms with Crippen LogP contribution in [0.2, 0.25) is 0 Å². The highest BCUT2D eigenvalue weighted by Crippen LogP contribution is 2.37. The van der Waals surface area contributed by atoms with Crippen molar-refractivity contribution in [2.24, 2.45) is 4.99 Å². The predicted molar refractivity (Wildman–Crippen MR) is 137 cm³/mol. The fourth-order valence-electron chi connectivity index (χ4n) is 3.71. The van der Waals surface area contributed by atoms with Crippen molar-refractivity contribution in [2.45, 2.75) is 53.1 Å². The molecule has 2 N–H and O–H groups in total. The van der Waals surface area contributed by atoms with Crippen molar-refractivity contribution in [1.82, 2.24) is 4.98 Å². The lowest BCUT2D eigenvalue weighted by Gasteiger charge is -2.20. The number of nitrogens with zero attached hydrogens (tertiary/aromatic N) is 2. The molecule has 4 rings (SSSR count). The highest BCUT2D eigenvalue weighted by molar-refractivity contribution is 6.17. The molecule has 0 radical (unpaired) electrons. The lowest BCUT2D eigenvalue weighted by Crippen LogP contribution is -2.10. The molecule has 178 valence electrons. The molecular formula is C28H32N2O4. The number of carboxylic acid groups (broad SMARTS) is 1. The van der Waals surface area contributed by atoms with Crippen LogP contribution in [0.15, 0.2) is 71.0 Å². The Bertz CT molecular complexity index is 1220. The van der Waals surface area contributed by atoms with Gasteiger partial charge in [0.25, 0.3) is 0 Å². The summed E-state index contributed by atoms with van der Waals surface area (Å²) in [6, 6.07) is 6.13. The molecule has 0 unspecified atom stereocenters. The Morgan fingerprint density at radius 2 is 1.88 bits per heavy atom. The van der Waals surface area contributed by atoms with Gasteiger partial charge in [0, 0.05) is 34.8 Å². The van der Waals surface area contributed by atoms with E-state index in [1.54, 1.807) is 26.8 Å². The molecule has 0 atom stereocenters. The predicted octanol–water partition coefficient (Wildman–Crippen LogP) is 5.67. The van der Waals surface area contributed by atoms with Crippen LogP contribution in [-0.2, 0) is 11.2 Å². The second-order valence-electron chi connectivity index (χ2n) is 9.27. The minimum Gasteiger partial charge on any atom is -0.493 e. The van der Waals surface area contributed by atoms with Gasteiger partial charge in [0.05, 0.1) is 29.9 Å². The highest BCUT2D eigenvalue weighted by atomic mass is 16.5. The summed E-state index contributed by atoms with van der Waals surface area (Å²) in [6.07, 6.45) is 12.2. The van der Waals surface area contributed by atoms with Crippen molar-refractivity contribution in [3.63, 3.8) is 0 Å². The van der Waals surface area contributed by atoms with Gasteiger partial charge in [-0.15, -0.1) is 0 Å². The summed E-state index contributed by atoms with van der Waals surface area (Å²) in [4.78, 5) is 20.1. The molecule has 6 heteroatoms. The van der Waals surface area contributed by atoms with Crippen molar-refractivity contribution in [3.8, 4) is 5.75 Å². The minimum atomic E-state index is -0.868. The average Bonchev–Trinajstić information content (AvgIpc) is 2.77. The molecule has 34 heavy (non-hydrogen) atoms. The fourth-order valence-corrected chi connectivity index (χ4v) is 3.71. The molecule has 0 saturated heterocycles. The molecule has 0 fully saturated rings. The molecule has 0 bridgehead atoms. The molecule has 6 nitrogen and oxygen atoms in total. The molecular weight excluding hydrogens is 428 g/mol. The van der Waals surface area contributed by atoms with Gasteiger partial charge in [0.15, 0.2) is 0 Å². The monoisotopic (exact) mass is 460 g/mol.